The molecular weight excluding hydrogens is 272 g/mol. The summed E-state index contributed by atoms with van der Waals surface area (Å²) in [6, 6.07) is 9.24. The Balaban J connectivity index is 1.92. The molecule has 0 spiro atoms. The standard InChI is InChI=1S/C14H16N4O3/c1-10(14(20)21)7-8-15-13(19)12-9-16-18(17-12)11-5-3-2-4-6-11/h2-6,9-10H,7-8H2,1H3,(H,15,19)(H,20,21). The topological polar surface area (TPSA) is 97.1 Å². The number of nitrogens with one attached hydrogen (secondary N) is 1. The van der Waals surface area contributed by atoms with Crippen LogP contribution in [0.1, 0.15) is 23.8 Å². The van der Waals surface area contributed by atoms with Crippen molar-refractivity contribution >= 4 is 11.9 Å². The van der Waals surface area contributed by atoms with Gasteiger partial charge in [0.25, 0.3) is 5.91 Å². The molecule has 0 saturated carbocycles. The largest absolute Gasteiger partial charge is 0.481 e. The highest BCUT2D eigenvalue weighted by Gasteiger charge is 2.13. The number of nitrogens with zero attached hydrogens (tertiary/aromatic N) is 3. The number of amides is 1. The van der Waals surface area contributed by atoms with Crippen molar-refractivity contribution in [1.82, 2.24) is 20.3 Å². The molecule has 1 heterocycles. The van der Waals surface area contributed by atoms with Crippen LogP contribution in [0.2, 0.25) is 0 Å². The number of benzene rings is 1. The van der Waals surface area contributed by atoms with Crippen molar-refractivity contribution in [3.8, 4) is 5.69 Å². The molecule has 0 aliphatic rings. The van der Waals surface area contributed by atoms with E-state index in [1.54, 1.807) is 6.92 Å². The van der Waals surface area contributed by atoms with E-state index < -0.39 is 11.9 Å². The number of hydrogen-bond donors (Lipinski definition) is 2. The van der Waals surface area contributed by atoms with E-state index in [9.17, 15) is 9.59 Å². The lowest BCUT2D eigenvalue weighted by atomic mass is 10.1. The van der Waals surface area contributed by atoms with Crippen LogP contribution in [0.4, 0.5) is 0 Å². The molecule has 1 aromatic carbocycles. The number of carbonyl (C=O) groups is 2. The predicted molar refractivity (Wildman–Crippen MR) is 75.1 cm³/mol. The Morgan fingerprint density at radius 3 is 2.71 bits per heavy atom. The lowest BCUT2D eigenvalue weighted by Crippen LogP contribution is -2.27. The second-order valence-corrected chi connectivity index (χ2v) is 4.64. The maximum absolute atomic E-state index is 11.9. The summed E-state index contributed by atoms with van der Waals surface area (Å²) < 4.78 is 0. The van der Waals surface area contributed by atoms with Crippen molar-refractivity contribution in [2.45, 2.75) is 13.3 Å². The van der Waals surface area contributed by atoms with Crippen LogP contribution < -0.4 is 5.32 Å². The van der Waals surface area contributed by atoms with E-state index in [1.165, 1.54) is 11.0 Å². The van der Waals surface area contributed by atoms with Crippen LogP contribution in [0.3, 0.4) is 0 Å². The van der Waals surface area contributed by atoms with Gasteiger partial charge in [0.1, 0.15) is 0 Å². The van der Waals surface area contributed by atoms with E-state index >= 15 is 0 Å². The molecule has 1 aromatic heterocycles. The first kappa shape index (κ1) is 14.7. The molecule has 2 aromatic rings. The van der Waals surface area contributed by atoms with E-state index in [2.05, 4.69) is 15.5 Å². The van der Waals surface area contributed by atoms with Crippen LogP contribution in [0.5, 0.6) is 0 Å². The van der Waals surface area contributed by atoms with E-state index in [-0.39, 0.29) is 18.1 Å². The van der Waals surface area contributed by atoms with Crippen molar-refractivity contribution in [1.29, 1.82) is 0 Å². The van der Waals surface area contributed by atoms with Gasteiger partial charge < -0.3 is 10.4 Å². The van der Waals surface area contributed by atoms with E-state index in [1.807, 2.05) is 30.3 Å². The third kappa shape index (κ3) is 3.88. The quantitative estimate of drug-likeness (QED) is 0.829. The molecule has 7 nitrogen and oxygen atoms in total. The third-order valence-electron chi connectivity index (χ3n) is 3.00. The number of carboxylic acids is 1. The van der Waals surface area contributed by atoms with Gasteiger partial charge in [-0.15, -0.1) is 5.10 Å². The molecule has 2 N–H and O–H groups in total. The predicted octanol–water partition coefficient (Wildman–Crippen LogP) is 1.11. The zero-order valence-electron chi connectivity index (χ0n) is 11.6. The molecule has 0 saturated heterocycles. The molecule has 7 heteroatoms. The number of carbonyl (C=O) groups excluding carboxylic acids is 1. The number of carboxylic acid groups (broad SMARTS) is 1. The summed E-state index contributed by atoms with van der Waals surface area (Å²) in [5.74, 6) is -1.74. The van der Waals surface area contributed by atoms with Gasteiger partial charge in [-0.3, -0.25) is 9.59 Å². The molecule has 0 aliphatic carbocycles. The number of para-hydroxylation sites is 1. The van der Waals surface area contributed by atoms with Crippen molar-refractivity contribution in [2.24, 2.45) is 5.92 Å². The Morgan fingerprint density at radius 1 is 1.33 bits per heavy atom. The number of aliphatic carboxylic acids is 1. The summed E-state index contributed by atoms with van der Waals surface area (Å²) in [5, 5.41) is 19.5. The fraction of sp³-hybridized carbons (Fsp3) is 0.286. The lowest BCUT2D eigenvalue weighted by Gasteiger charge is -2.06. The fourth-order valence-corrected chi connectivity index (χ4v) is 1.67. The van der Waals surface area contributed by atoms with Crippen molar-refractivity contribution in [2.75, 3.05) is 6.54 Å². The highest BCUT2D eigenvalue weighted by atomic mass is 16.4. The van der Waals surface area contributed by atoms with Crippen molar-refractivity contribution in [3.05, 3.63) is 42.2 Å². The summed E-state index contributed by atoms with van der Waals surface area (Å²) in [7, 11) is 0. The van der Waals surface area contributed by atoms with Crippen LogP contribution in [0.25, 0.3) is 5.69 Å². The van der Waals surface area contributed by atoms with Gasteiger partial charge in [-0.2, -0.15) is 9.90 Å². The first-order chi connectivity index (χ1) is 10.1. The number of rotatable bonds is 6. The van der Waals surface area contributed by atoms with Gasteiger partial charge in [0.05, 0.1) is 17.8 Å². The Bertz CT molecular complexity index is 624. The minimum atomic E-state index is -0.876. The highest BCUT2D eigenvalue weighted by Crippen LogP contribution is 2.04. The molecule has 1 atom stereocenters. The SMILES string of the molecule is CC(CCNC(=O)c1cnn(-c2ccccc2)n1)C(=O)O. The van der Waals surface area contributed by atoms with Gasteiger partial charge in [-0.1, -0.05) is 25.1 Å². The molecule has 21 heavy (non-hydrogen) atoms. The first-order valence-corrected chi connectivity index (χ1v) is 6.56. The van der Waals surface area contributed by atoms with Gasteiger partial charge in [0.2, 0.25) is 0 Å². The number of hydrogen-bond acceptors (Lipinski definition) is 4. The molecule has 0 bridgehead atoms. The smallest absolute Gasteiger partial charge is 0.306 e. The van der Waals surface area contributed by atoms with Crippen LogP contribution in [-0.4, -0.2) is 38.5 Å². The van der Waals surface area contributed by atoms with Gasteiger partial charge in [-0.05, 0) is 18.6 Å². The summed E-state index contributed by atoms with van der Waals surface area (Å²) in [5.41, 5.74) is 0.956. The Kier molecular flexibility index (Phi) is 4.65. The molecule has 0 fully saturated rings. The summed E-state index contributed by atoms with van der Waals surface area (Å²) in [4.78, 5) is 23.9. The second kappa shape index (κ2) is 6.65. The highest BCUT2D eigenvalue weighted by molar-refractivity contribution is 5.91. The van der Waals surface area contributed by atoms with Crippen LogP contribution in [0, 0.1) is 5.92 Å². The summed E-state index contributed by atoms with van der Waals surface area (Å²) in [6.07, 6.45) is 1.75. The zero-order chi connectivity index (χ0) is 15.2. The van der Waals surface area contributed by atoms with E-state index in [0.717, 1.165) is 5.69 Å². The van der Waals surface area contributed by atoms with Gasteiger partial charge >= 0.3 is 5.97 Å². The molecular formula is C14H16N4O3. The molecule has 1 amide bonds. The third-order valence-corrected chi connectivity index (χ3v) is 3.00. The van der Waals surface area contributed by atoms with Gasteiger partial charge in [0.15, 0.2) is 5.69 Å². The molecule has 1 unspecified atom stereocenters. The van der Waals surface area contributed by atoms with Crippen LogP contribution in [-0.2, 0) is 4.79 Å². The van der Waals surface area contributed by atoms with E-state index in [0.29, 0.717) is 6.42 Å². The molecule has 0 aliphatic heterocycles. The molecule has 2 rings (SSSR count). The maximum Gasteiger partial charge on any atom is 0.306 e. The van der Waals surface area contributed by atoms with E-state index in [4.69, 9.17) is 5.11 Å². The summed E-state index contributed by atoms with van der Waals surface area (Å²) >= 11 is 0. The second-order valence-electron chi connectivity index (χ2n) is 4.64. The Hall–Kier alpha value is -2.70. The maximum atomic E-state index is 11.9. The van der Waals surface area contributed by atoms with Crippen LogP contribution >= 0.6 is 0 Å². The Morgan fingerprint density at radius 2 is 2.05 bits per heavy atom. The normalized spacial score (nSPS) is 11.9. The van der Waals surface area contributed by atoms with Gasteiger partial charge in [0, 0.05) is 6.54 Å². The average Bonchev–Trinajstić information content (AvgIpc) is 2.97. The summed E-state index contributed by atoms with van der Waals surface area (Å²) in [6.45, 7) is 1.88. The first-order valence-electron chi connectivity index (χ1n) is 6.56. The Labute approximate surface area is 121 Å². The number of aromatic nitrogens is 3. The van der Waals surface area contributed by atoms with Crippen LogP contribution in [0.15, 0.2) is 36.5 Å². The minimum absolute atomic E-state index is 0.196. The lowest BCUT2D eigenvalue weighted by molar-refractivity contribution is -0.141. The fourth-order valence-electron chi connectivity index (χ4n) is 1.67. The average molecular weight is 288 g/mol. The zero-order valence-corrected chi connectivity index (χ0v) is 11.6. The minimum Gasteiger partial charge on any atom is -0.481 e. The monoisotopic (exact) mass is 288 g/mol. The van der Waals surface area contributed by atoms with Gasteiger partial charge in [-0.25, -0.2) is 0 Å². The molecule has 110 valence electrons. The molecule has 0 radical (unpaired) electrons. The van der Waals surface area contributed by atoms with Crippen molar-refractivity contribution < 1.29 is 14.7 Å². The van der Waals surface area contributed by atoms with Crippen molar-refractivity contribution in [3.63, 3.8) is 0 Å².